The number of fused-ring (bicyclic) bond motifs is 1. The first-order chi connectivity index (χ1) is 13.4. The van der Waals surface area contributed by atoms with Gasteiger partial charge in [0.1, 0.15) is 5.82 Å². The van der Waals surface area contributed by atoms with Gasteiger partial charge in [-0.3, -0.25) is 4.79 Å². The fourth-order valence-electron chi connectivity index (χ4n) is 3.49. The van der Waals surface area contributed by atoms with Gasteiger partial charge in [0.15, 0.2) is 0 Å². The number of carbonyl (C=O) groups is 1. The molecule has 1 amide bonds. The molecule has 0 unspecified atom stereocenters. The van der Waals surface area contributed by atoms with E-state index in [4.69, 9.17) is 0 Å². The van der Waals surface area contributed by atoms with Crippen molar-refractivity contribution in [3.05, 3.63) is 58.9 Å². The van der Waals surface area contributed by atoms with Gasteiger partial charge in [0.05, 0.1) is 11.3 Å². The summed E-state index contributed by atoms with van der Waals surface area (Å²) in [5.74, 6) is -0.823. The molecular weight excluding hydrogens is 384 g/mol. The van der Waals surface area contributed by atoms with Gasteiger partial charge in [0.2, 0.25) is 5.91 Å². The third-order valence-electron chi connectivity index (χ3n) is 4.82. The molecule has 0 aliphatic carbocycles. The van der Waals surface area contributed by atoms with Crippen LogP contribution in [0.3, 0.4) is 0 Å². The predicted octanol–water partition coefficient (Wildman–Crippen LogP) is 5.78. The van der Waals surface area contributed by atoms with Gasteiger partial charge in [-0.05, 0) is 53.3 Å². The van der Waals surface area contributed by atoms with Crippen LogP contribution in [0, 0.1) is 11.2 Å². The highest BCUT2D eigenvalue weighted by molar-refractivity contribution is 5.92. The van der Waals surface area contributed by atoms with Crippen LogP contribution < -0.4 is 10.2 Å². The summed E-state index contributed by atoms with van der Waals surface area (Å²) in [4.78, 5) is 13.9. The molecule has 3 rings (SSSR count). The standard InChI is InChI=1S/C22H24F4N2O/c1-21(2,3)12-20(29)27-19-7-6-17(11-18(19)22(24,25)26)28-9-8-14-4-5-16(23)10-15(14)13-28/h4-7,10-11H,8-9,12-13H2,1-3H3,(H,27,29). The molecule has 0 saturated heterocycles. The Kier molecular flexibility index (Phi) is 5.61. The summed E-state index contributed by atoms with van der Waals surface area (Å²) < 4.78 is 54.5. The second-order valence-corrected chi connectivity index (χ2v) is 8.60. The lowest BCUT2D eigenvalue weighted by Gasteiger charge is -2.31. The van der Waals surface area contributed by atoms with Crippen LogP contribution in [0.1, 0.15) is 43.9 Å². The van der Waals surface area contributed by atoms with Gasteiger partial charge in [-0.15, -0.1) is 0 Å². The number of benzene rings is 2. The van der Waals surface area contributed by atoms with Crippen LogP contribution in [0.15, 0.2) is 36.4 Å². The van der Waals surface area contributed by atoms with E-state index in [1.54, 1.807) is 17.0 Å². The van der Waals surface area contributed by atoms with E-state index in [1.165, 1.54) is 18.2 Å². The smallest absolute Gasteiger partial charge is 0.367 e. The number of amides is 1. The number of hydrogen-bond donors (Lipinski definition) is 1. The van der Waals surface area contributed by atoms with Gasteiger partial charge in [-0.2, -0.15) is 13.2 Å². The Morgan fingerprint density at radius 1 is 1.07 bits per heavy atom. The molecule has 0 bridgehead atoms. The average Bonchev–Trinajstić information content (AvgIpc) is 2.58. The monoisotopic (exact) mass is 408 g/mol. The van der Waals surface area contributed by atoms with Crippen LogP contribution in [0.4, 0.5) is 28.9 Å². The molecule has 7 heteroatoms. The van der Waals surface area contributed by atoms with Crippen molar-refractivity contribution in [3.63, 3.8) is 0 Å². The van der Waals surface area contributed by atoms with E-state index in [2.05, 4.69) is 5.32 Å². The number of carbonyl (C=O) groups excluding carboxylic acids is 1. The molecule has 1 aliphatic rings. The Hall–Kier alpha value is -2.57. The molecule has 2 aromatic rings. The quantitative estimate of drug-likeness (QED) is 0.653. The Labute approximate surface area is 167 Å². The molecule has 0 aromatic heterocycles. The van der Waals surface area contributed by atoms with Crippen molar-refractivity contribution in [2.24, 2.45) is 5.41 Å². The van der Waals surface area contributed by atoms with Gasteiger partial charge < -0.3 is 10.2 Å². The molecular formula is C22H24F4N2O. The molecule has 0 spiro atoms. The van der Waals surface area contributed by atoms with Crippen molar-refractivity contribution >= 4 is 17.3 Å². The summed E-state index contributed by atoms with van der Waals surface area (Å²) >= 11 is 0. The number of alkyl halides is 3. The number of hydrogen-bond acceptors (Lipinski definition) is 2. The minimum Gasteiger partial charge on any atom is -0.367 e. The van der Waals surface area contributed by atoms with E-state index < -0.39 is 17.6 Å². The van der Waals surface area contributed by atoms with Crippen molar-refractivity contribution in [2.45, 2.75) is 46.3 Å². The lowest BCUT2D eigenvalue weighted by atomic mass is 9.92. The summed E-state index contributed by atoms with van der Waals surface area (Å²) in [6, 6.07) is 8.44. The number of halogens is 4. The molecule has 3 nitrogen and oxygen atoms in total. The molecule has 1 N–H and O–H groups in total. The van der Waals surface area contributed by atoms with Crippen molar-refractivity contribution in [3.8, 4) is 0 Å². The maximum absolute atomic E-state index is 13.7. The van der Waals surface area contributed by atoms with Gasteiger partial charge >= 0.3 is 6.18 Å². The zero-order chi connectivity index (χ0) is 21.4. The van der Waals surface area contributed by atoms with Crippen molar-refractivity contribution in [2.75, 3.05) is 16.8 Å². The SMILES string of the molecule is CC(C)(C)CC(=O)Nc1ccc(N2CCc3ccc(F)cc3C2)cc1C(F)(F)F. The van der Waals surface area contributed by atoms with Crippen LogP contribution in [-0.2, 0) is 23.9 Å². The van der Waals surface area contributed by atoms with E-state index in [-0.39, 0.29) is 23.3 Å². The van der Waals surface area contributed by atoms with E-state index in [1.807, 2.05) is 20.8 Å². The van der Waals surface area contributed by atoms with Crippen LogP contribution in [0.25, 0.3) is 0 Å². The highest BCUT2D eigenvalue weighted by Crippen LogP contribution is 2.38. The molecule has 0 saturated carbocycles. The molecule has 0 fully saturated rings. The van der Waals surface area contributed by atoms with Gasteiger partial charge in [-0.1, -0.05) is 26.8 Å². The van der Waals surface area contributed by atoms with Crippen LogP contribution in [0.5, 0.6) is 0 Å². The zero-order valence-electron chi connectivity index (χ0n) is 16.7. The van der Waals surface area contributed by atoms with E-state index >= 15 is 0 Å². The zero-order valence-corrected chi connectivity index (χ0v) is 16.7. The van der Waals surface area contributed by atoms with Crippen LogP contribution >= 0.6 is 0 Å². The topological polar surface area (TPSA) is 32.3 Å². The molecule has 2 aromatic carbocycles. The molecule has 0 atom stereocenters. The minimum absolute atomic E-state index is 0.112. The summed E-state index contributed by atoms with van der Waals surface area (Å²) in [6.07, 6.45) is -3.87. The number of anilines is 2. The maximum Gasteiger partial charge on any atom is 0.418 e. The highest BCUT2D eigenvalue weighted by Gasteiger charge is 2.35. The lowest BCUT2D eigenvalue weighted by Crippen LogP contribution is -2.30. The Morgan fingerprint density at radius 2 is 1.79 bits per heavy atom. The lowest BCUT2D eigenvalue weighted by molar-refractivity contribution is -0.136. The van der Waals surface area contributed by atoms with Gasteiger partial charge in [-0.25, -0.2) is 4.39 Å². The maximum atomic E-state index is 13.7. The summed E-state index contributed by atoms with van der Waals surface area (Å²) in [7, 11) is 0. The Bertz CT molecular complexity index is 916. The third-order valence-corrected chi connectivity index (χ3v) is 4.82. The van der Waals surface area contributed by atoms with Crippen LogP contribution in [-0.4, -0.2) is 12.5 Å². The second kappa shape index (κ2) is 7.69. The molecule has 29 heavy (non-hydrogen) atoms. The van der Waals surface area contributed by atoms with Crippen LogP contribution in [0.2, 0.25) is 0 Å². The number of rotatable bonds is 3. The molecule has 1 heterocycles. The molecule has 0 radical (unpaired) electrons. The van der Waals surface area contributed by atoms with Gasteiger partial charge in [0.25, 0.3) is 0 Å². The predicted molar refractivity (Wildman–Crippen MR) is 105 cm³/mol. The fourth-order valence-corrected chi connectivity index (χ4v) is 3.49. The largest absolute Gasteiger partial charge is 0.418 e. The third kappa shape index (κ3) is 5.28. The first-order valence-corrected chi connectivity index (χ1v) is 9.46. The van der Waals surface area contributed by atoms with Crippen molar-refractivity contribution < 1.29 is 22.4 Å². The number of nitrogens with one attached hydrogen (secondary N) is 1. The Balaban J connectivity index is 1.87. The van der Waals surface area contributed by atoms with Gasteiger partial charge in [0, 0.05) is 25.2 Å². The minimum atomic E-state index is -4.61. The summed E-state index contributed by atoms with van der Waals surface area (Å²) in [6.45, 7) is 6.40. The van der Waals surface area contributed by atoms with E-state index in [0.717, 1.165) is 17.2 Å². The normalized spacial score (nSPS) is 14.5. The average molecular weight is 408 g/mol. The van der Waals surface area contributed by atoms with Crippen molar-refractivity contribution in [1.82, 2.24) is 0 Å². The first kappa shape index (κ1) is 21.1. The van der Waals surface area contributed by atoms with E-state index in [9.17, 15) is 22.4 Å². The first-order valence-electron chi connectivity index (χ1n) is 9.46. The highest BCUT2D eigenvalue weighted by atomic mass is 19.4. The molecule has 1 aliphatic heterocycles. The fraction of sp³-hybridized carbons (Fsp3) is 0.409. The van der Waals surface area contributed by atoms with Crippen molar-refractivity contribution in [1.29, 1.82) is 0 Å². The second-order valence-electron chi connectivity index (χ2n) is 8.60. The molecule has 156 valence electrons. The summed E-state index contributed by atoms with van der Waals surface area (Å²) in [5, 5.41) is 2.40. The Morgan fingerprint density at radius 3 is 2.45 bits per heavy atom. The summed E-state index contributed by atoms with van der Waals surface area (Å²) in [5.41, 5.74) is 0.693. The number of nitrogens with zero attached hydrogens (tertiary/aromatic N) is 1. The van der Waals surface area contributed by atoms with E-state index in [0.29, 0.717) is 25.2 Å².